The van der Waals surface area contributed by atoms with Crippen LogP contribution in [0.3, 0.4) is 0 Å². The van der Waals surface area contributed by atoms with Crippen molar-refractivity contribution in [1.29, 1.82) is 0 Å². The van der Waals surface area contributed by atoms with Crippen LogP contribution in [-0.2, 0) is 12.8 Å². The summed E-state index contributed by atoms with van der Waals surface area (Å²) < 4.78 is 1.07. The van der Waals surface area contributed by atoms with E-state index in [1.807, 2.05) is 12.1 Å². The second-order valence-electron chi connectivity index (χ2n) is 5.06. The van der Waals surface area contributed by atoms with Crippen LogP contribution < -0.4 is 0 Å². The van der Waals surface area contributed by atoms with Gasteiger partial charge in [-0.25, -0.2) is 0 Å². The van der Waals surface area contributed by atoms with Gasteiger partial charge in [-0.1, -0.05) is 46.3 Å². The number of aliphatic hydroxyl groups is 1. The Hall–Kier alpha value is -1.12. The standard InChI is InChI=1S/C17H19BrO/c1-12-4-3-5-13(2)17(12)11-16(19)10-14-6-8-15(18)9-7-14/h3-9,16,19H,10-11H2,1-2H3. The van der Waals surface area contributed by atoms with Crippen molar-refractivity contribution in [1.82, 2.24) is 0 Å². The van der Waals surface area contributed by atoms with Gasteiger partial charge in [-0.2, -0.15) is 0 Å². The summed E-state index contributed by atoms with van der Waals surface area (Å²) in [4.78, 5) is 0. The average Bonchev–Trinajstić information content (AvgIpc) is 2.37. The molecule has 2 rings (SSSR count). The van der Waals surface area contributed by atoms with Crippen molar-refractivity contribution in [2.45, 2.75) is 32.8 Å². The van der Waals surface area contributed by atoms with Gasteiger partial charge >= 0.3 is 0 Å². The van der Waals surface area contributed by atoms with E-state index in [0.717, 1.165) is 4.47 Å². The molecule has 2 aromatic rings. The second kappa shape index (κ2) is 6.36. The van der Waals surface area contributed by atoms with Crippen molar-refractivity contribution in [2.75, 3.05) is 0 Å². The van der Waals surface area contributed by atoms with Gasteiger partial charge in [-0.3, -0.25) is 0 Å². The van der Waals surface area contributed by atoms with Crippen molar-refractivity contribution >= 4 is 15.9 Å². The first kappa shape index (κ1) is 14.3. The van der Waals surface area contributed by atoms with E-state index < -0.39 is 0 Å². The van der Waals surface area contributed by atoms with Crippen molar-refractivity contribution in [3.05, 3.63) is 69.2 Å². The number of aliphatic hydroxyl groups excluding tert-OH is 1. The summed E-state index contributed by atoms with van der Waals surface area (Å²) in [5.74, 6) is 0. The van der Waals surface area contributed by atoms with Crippen molar-refractivity contribution < 1.29 is 5.11 Å². The van der Waals surface area contributed by atoms with Gasteiger partial charge in [0.15, 0.2) is 0 Å². The lowest BCUT2D eigenvalue weighted by Crippen LogP contribution is -2.15. The highest BCUT2D eigenvalue weighted by molar-refractivity contribution is 9.10. The molecule has 1 unspecified atom stereocenters. The molecule has 2 aromatic carbocycles. The monoisotopic (exact) mass is 318 g/mol. The Kier molecular flexibility index (Phi) is 4.78. The van der Waals surface area contributed by atoms with Gasteiger partial charge < -0.3 is 5.11 Å². The third-order valence-electron chi connectivity index (χ3n) is 3.47. The van der Waals surface area contributed by atoms with Crippen LogP contribution in [-0.4, -0.2) is 11.2 Å². The first-order chi connectivity index (χ1) is 9.06. The lowest BCUT2D eigenvalue weighted by atomic mass is 9.95. The smallest absolute Gasteiger partial charge is 0.0621 e. The molecule has 0 heterocycles. The molecule has 0 saturated carbocycles. The third kappa shape index (κ3) is 3.92. The van der Waals surface area contributed by atoms with Crippen molar-refractivity contribution in [3.8, 4) is 0 Å². The second-order valence-corrected chi connectivity index (χ2v) is 5.97. The number of benzene rings is 2. The van der Waals surface area contributed by atoms with E-state index in [1.165, 1.54) is 22.3 Å². The molecule has 0 aliphatic rings. The van der Waals surface area contributed by atoms with E-state index in [9.17, 15) is 5.11 Å². The molecule has 0 aromatic heterocycles. The summed E-state index contributed by atoms with van der Waals surface area (Å²) in [7, 11) is 0. The summed E-state index contributed by atoms with van der Waals surface area (Å²) in [6.45, 7) is 4.21. The summed E-state index contributed by atoms with van der Waals surface area (Å²) in [5, 5.41) is 10.3. The molecule has 1 atom stereocenters. The lowest BCUT2D eigenvalue weighted by molar-refractivity contribution is 0.175. The molecule has 1 N–H and O–H groups in total. The van der Waals surface area contributed by atoms with Crippen molar-refractivity contribution in [3.63, 3.8) is 0 Å². The van der Waals surface area contributed by atoms with Crippen LogP contribution in [0.4, 0.5) is 0 Å². The zero-order valence-electron chi connectivity index (χ0n) is 11.4. The number of aryl methyl sites for hydroxylation is 2. The molecule has 100 valence electrons. The summed E-state index contributed by atoms with van der Waals surface area (Å²) >= 11 is 3.42. The Morgan fingerprint density at radius 2 is 1.53 bits per heavy atom. The number of hydrogen-bond donors (Lipinski definition) is 1. The topological polar surface area (TPSA) is 20.2 Å². The number of hydrogen-bond acceptors (Lipinski definition) is 1. The first-order valence-corrected chi connectivity index (χ1v) is 7.33. The van der Waals surface area contributed by atoms with Gasteiger partial charge in [0.05, 0.1) is 6.10 Å². The predicted octanol–water partition coefficient (Wildman–Crippen LogP) is 4.21. The molecular weight excluding hydrogens is 300 g/mol. The Morgan fingerprint density at radius 1 is 0.947 bits per heavy atom. The number of rotatable bonds is 4. The predicted molar refractivity (Wildman–Crippen MR) is 83.5 cm³/mol. The minimum Gasteiger partial charge on any atom is -0.392 e. The highest BCUT2D eigenvalue weighted by atomic mass is 79.9. The Morgan fingerprint density at radius 3 is 2.11 bits per heavy atom. The minimum absolute atomic E-state index is 0.332. The highest BCUT2D eigenvalue weighted by Crippen LogP contribution is 2.18. The van der Waals surface area contributed by atoms with Gasteiger partial charge in [0.1, 0.15) is 0 Å². The zero-order chi connectivity index (χ0) is 13.8. The average molecular weight is 319 g/mol. The quantitative estimate of drug-likeness (QED) is 0.895. The molecule has 0 amide bonds. The molecular formula is C17H19BrO. The van der Waals surface area contributed by atoms with Crippen LogP contribution in [0.25, 0.3) is 0 Å². The molecule has 0 fully saturated rings. The van der Waals surface area contributed by atoms with E-state index in [2.05, 4.69) is 60.1 Å². The molecule has 0 saturated heterocycles. The molecule has 0 bridgehead atoms. The minimum atomic E-state index is -0.332. The van der Waals surface area contributed by atoms with Gasteiger partial charge in [0, 0.05) is 4.47 Å². The molecule has 0 spiro atoms. The van der Waals surface area contributed by atoms with Gasteiger partial charge in [0.25, 0.3) is 0 Å². The highest BCUT2D eigenvalue weighted by Gasteiger charge is 2.10. The Bertz CT molecular complexity index is 525. The Labute approximate surface area is 123 Å². The fourth-order valence-electron chi connectivity index (χ4n) is 2.37. The molecule has 0 aliphatic heterocycles. The molecule has 1 nitrogen and oxygen atoms in total. The van der Waals surface area contributed by atoms with Crippen molar-refractivity contribution in [2.24, 2.45) is 0 Å². The summed E-state index contributed by atoms with van der Waals surface area (Å²) in [6, 6.07) is 14.4. The van der Waals surface area contributed by atoms with Crippen LogP contribution in [0.2, 0.25) is 0 Å². The molecule has 0 radical (unpaired) electrons. The van der Waals surface area contributed by atoms with Gasteiger partial charge in [-0.05, 0) is 61.1 Å². The fraction of sp³-hybridized carbons (Fsp3) is 0.294. The van der Waals surface area contributed by atoms with E-state index in [-0.39, 0.29) is 6.10 Å². The zero-order valence-corrected chi connectivity index (χ0v) is 12.9. The maximum Gasteiger partial charge on any atom is 0.0621 e. The molecule has 19 heavy (non-hydrogen) atoms. The normalized spacial score (nSPS) is 12.4. The summed E-state index contributed by atoms with van der Waals surface area (Å²) in [6.07, 6.45) is 1.08. The van der Waals surface area contributed by atoms with Crippen LogP contribution in [0.1, 0.15) is 22.3 Å². The maximum absolute atomic E-state index is 10.3. The first-order valence-electron chi connectivity index (χ1n) is 6.54. The Balaban J connectivity index is 2.05. The van der Waals surface area contributed by atoms with E-state index in [1.54, 1.807) is 0 Å². The van der Waals surface area contributed by atoms with Gasteiger partial charge in [-0.15, -0.1) is 0 Å². The summed E-state index contributed by atoms with van der Waals surface area (Å²) in [5.41, 5.74) is 4.96. The fourth-order valence-corrected chi connectivity index (χ4v) is 2.64. The van der Waals surface area contributed by atoms with Gasteiger partial charge in [0.2, 0.25) is 0 Å². The van der Waals surface area contributed by atoms with E-state index in [4.69, 9.17) is 0 Å². The van der Waals surface area contributed by atoms with Crippen LogP contribution >= 0.6 is 15.9 Å². The van der Waals surface area contributed by atoms with E-state index in [0.29, 0.717) is 12.8 Å². The number of halogens is 1. The van der Waals surface area contributed by atoms with Crippen LogP contribution in [0.5, 0.6) is 0 Å². The molecule has 0 aliphatic carbocycles. The third-order valence-corrected chi connectivity index (χ3v) is 4.00. The van der Waals surface area contributed by atoms with Crippen LogP contribution in [0.15, 0.2) is 46.9 Å². The molecule has 2 heteroatoms. The largest absolute Gasteiger partial charge is 0.392 e. The van der Waals surface area contributed by atoms with Crippen LogP contribution in [0, 0.1) is 13.8 Å². The lowest BCUT2D eigenvalue weighted by Gasteiger charge is -2.15. The maximum atomic E-state index is 10.3. The SMILES string of the molecule is Cc1cccc(C)c1CC(O)Cc1ccc(Br)cc1. The van der Waals surface area contributed by atoms with E-state index >= 15 is 0 Å².